The fourth-order valence-electron chi connectivity index (χ4n) is 1.27. The maximum absolute atomic E-state index is 10.7. The lowest BCUT2D eigenvalue weighted by atomic mass is 10.2. The van der Waals surface area contributed by atoms with E-state index in [1.807, 2.05) is 19.9 Å². The predicted octanol–water partition coefficient (Wildman–Crippen LogP) is 0.0338. The molecule has 0 saturated heterocycles. The highest BCUT2D eigenvalue weighted by Gasteiger charge is 2.08. The van der Waals surface area contributed by atoms with Gasteiger partial charge in [0.2, 0.25) is 5.95 Å². The Bertz CT molecular complexity index is 345. The number of nitrogens with zero attached hydrogens (tertiary/aromatic N) is 2. The molecule has 5 heteroatoms. The van der Waals surface area contributed by atoms with Crippen LogP contribution in [0.5, 0.6) is 0 Å². The van der Waals surface area contributed by atoms with E-state index >= 15 is 0 Å². The summed E-state index contributed by atoms with van der Waals surface area (Å²) in [6.45, 7) is 5.43. The zero-order chi connectivity index (χ0) is 11.4. The molecule has 0 saturated carbocycles. The van der Waals surface area contributed by atoms with Gasteiger partial charge in [-0.15, -0.1) is 0 Å². The molecule has 1 atom stereocenters. The molecule has 1 N–H and O–H groups in total. The van der Waals surface area contributed by atoms with Gasteiger partial charge in [-0.25, -0.2) is 9.97 Å². The Hall–Kier alpha value is -1.65. The summed E-state index contributed by atoms with van der Waals surface area (Å²) in [6, 6.07) is 1.08. The van der Waals surface area contributed by atoms with Crippen LogP contribution < -0.4 is 10.4 Å². The third-order valence-electron chi connectivity index (χ3n) is 1.98. The number of aryl methyl sites for hydroxylation is 2. The molecule has 0 aliphatic heterocycles. The smallest absolute Gasteiger partial charge is 0.223 e. The van der Waals surface area contributed by atoms with Crippen molar-refractivity contribution in [1.29, 1.82) is 0 Å². The van der Waals surface area contributed by atoms with E-state index < -0.39 is 12.0 Å². The highest BCUT2D eigenvalue weighted by Crippen LogP contribution is 2.06. The topological polar surface area (TPSA) is 77.9 Å². The first-order valence-corrected chi connectivity index (χ1v) is 4.82. The van der Waals surface area contributed by atoms with Crippen LogP contribution >= 0.6 is 0 Å². The average molecular weight is 208 g/mol. The Kier molecular flexibility index (Phi) is 3.60. The Balaban J connectivity index is 2.83. The van der Waals surface area contributed by atoms with Gasteiger partial charge >= 0.3 is 0 Å². The van der Waals surface area contributed by atoms with Gasteiger partial charge in [-0.3, -0.25) is 0 Å². The van der Waals surface area contributed by atoms with Crippen LogP contribution in [0, 0.1) is 13.8 Å². The minimum absolute atomic E-state index is 0.337. The first kappa shape index (κ1) is 11.4. The van der Waals surface area contributed by atoms with Gasteiger partial charge in [0.05, 0.1) is 12.0 Å². The Morgan fingerprint density at radius 3 is 2.40 bits per heavy atom. The quantitative estimate of drug-likeness (QED) is 0.755. The summed E-state index contributed by atoms with van der Waals surface area (Å²) in [5, 5.41) is 13.4. The van der Waals surface area contributed by atoms with Gasteiger partial charge in [0, 0.05) is 11.4 Å². The van der Waals surface area contributed by atoms with Crippen molar-refractivity contribution < 1.29 is 9.90 Å². The van der Waals surface area contributed by atoms with Crippen molar-refractivity contribution >= 4 is 11.9 Å². The monoisotopic (exact) mass is 208 g/mol. The average Bonchev–Trinajstić information content (AvgIpc) is 2.12. The maximum Gasteiger partial charge on any atom is 0.223 e. The number of nitrogens with one attached hydrogen (secondary N) is 1. The minimum atomic E-state index is -1.14. The standard InChI is InChI=1S/C10H15N3O2/c1-4-8(9(14)15)13-10-11-6(2)5-7(3)12-10/h5,8H,4H2,1-3H3,(H,14,15)(H,11,12,13)/p-1/t8-/m0/s1. The fourth-order valence-corrected chi connectivity index (χ4v) is 1.27. The van der Waals surface area contributed by atoms with Crippen LogP contribution in [0.2, 0.25) is 0 Å². The molecule has 0 unspecified atom stereocenters. The molecule has 0 amide bonds. The van der Waals surface area contributed by atoms with Crippen LogP contribution in [0.3, 0.4) is 0 Å². The molecule has 0 bridgehead atoms. The lowest BCUT2D eigenvalue weighted by molar-refractivity contribution is -0.306. The SMILES string of the molecule is CC[C@H](Nc1nc(C)cc(C)n1)C(=O)[O-]. The van der Waals surface area contributed by atoms with Crippen LogP contribution in [0.15, 0.2) is 6.07 Å². The van der Waals surface area contributed by atoms with Crippen LogP contribution in [0.1, 0.15) is 24.7 Å². The number of carboxylic acid groups (broad SMARTS) is 1. The fraction of sp³-hybridized carbons (Fsp3) is 0.500. The maximum atomic E-state index is 10.7. The van der Waals surface area contributed by atoms with Crippen molar-refractivity contribution in [2.45, 2.75) is 33.2 Å². The second-order valence-electron chi connectivity index (χ2n) is 3.40. The molecule has 1 heterocycles. The van der Waals surface area contributed by atoms with Gasteiger partial charge in [0.1, 0.15) is 0 Å². The van der Waals surface area contributed by atoms with Gasteiger partial charge in [-0.1, -0.05) is 6.92 Å². The van der Waals surface area contributed by atoms with Crippen LogP contribution in [-0.4, -0.2) is 22.0 Å². The summed E-state index contributed by atoms with van der Waals surface area (Å²) in [6.07, 6.45) is 0.429. The van der Waals surface area contributed by atoms with E-state index in [9.17, 15) is 9.90 Å². The molecular formula is C10H14N3O2-. The van der Waals surface area contributed by atoms with Crippen molar-refractivity contribution in [2.75, 3.05) is 5.32 Å². The van der Waals surface area contributed by atoms with E-state index in [0.29, 0.717) is 12.4 Å². The van der Waals surface area contributed by atoms with Crippen molar-refractivity contribution in [3.05, 3.63) is 17.5 Å². The van der Waals surface area contributed by atoms with Gasteiger partial charge in [0.25, 0.3) is 0 Å². The van der Waals surface area contributed by atoms with Crippen LogP contribution in [0.25, 0.3) is 0 Å². The number of aliphatic carboxylic acids is 1. The van der Waals surface area contributed by atoms with Gasteiger partial charge in [-0.05, 0) is 26.3 Å². The van der Waals surface area contributed by atoms with Gasteiger partial charge in [0.15, 0.2) is 0 Å². The minimum Gasteiger partial charge on any atom is -0.548 e. The van der Waals surface area contributed by atoms with E-state index in [0.717, 1.165) is 11.4 Å². The number of carboxylic acids is 1. The predicted molar refractivity (Wildman–Crippen MR) is 54.2 cm³/mol. The number of hydrogen-bond acceptors (Lipinski definition) is 5. The molecule has 82 valence electrons. The molecule has 0 fully saturated rings. The summed E-state index contributed by atoms with van der Waals surface area (Å²) >= 11 is 0. The zero-order valence-electron chi connectivity index (χ0n) is 9.07. The van der Waals surface area contributed by atoms with E-state index in [-0.39, 0.29) is 0 Å². The van der Waals surface area contributed by atoms with Crippen molar-refractivity contribution in [2.24, 2.45) is 0 Å². The normalized spacial score (nSPS) is 12.2. The largest absolute Gasteiger partial charge is 0.548 e. The van der Waals surface area contributed by atoms with E-state index in [1.165, 1.54) is 0 Å². The lowest BCUT2D eigenvalue weighted by Crippen LogP contribution is -2.40. The van der Waals surface area contributed by atoms with Crippen molar-refractivity contribution in [1.82, 2.24) is 9.97 Å². The second kappa shape index (κ2) is 4.72. The van der Waals surface area contributed by atoms with Gasteiger partial charge in [-0.2, -0.15) is 0 Å². The molecule has 0 radical (unpaired) electrons. The molecule has 0 aliphatic carbocycles. The summed E-state index contributed by atoms with van der Waals surface area (Å²) in [5.41, 5.74) is 1.61. The summed E-state index contributed by atoms with van der Waals surface area (Å²) in [7, 11) is 0. The third-order valence-corrected chi connectivity index (χ3v) is 1.98. The Morgan fingerprint density at radius 1 is 1.47 bits per heavy atom. The number of carbonyl (C=O) groups is 1. The number of hydrogen-bond donors (Lipinski definition) is 1. The zero-order valence-corrected chi connectivity index (χ0v) is 9.07. The number of rotatable bonds is 4. The molecule has 0 aliphatic rings. The third kappa shape index (κ3) is 3.19. The summed E-state index contributed by atoms with van der Waals surface area (Å²) in [4.78, 5) is 18.9. The van der Waals surface area contributed by atoms with Crippen molar-refractivity contribution in [3.8, 4) is 0 Å². The van der Waals surface area contributed by atoms with E-state index in [1.54, 1.807) is 6.92 Å². The van der Waals surface area contributed by atoms with Crippen LogP contribution in [-0.2, 0) is 4.79 Å². The second-order valence-corrected chi connectivity index (χ2v) is 3.40. The lowest BCUT2D eigenvalue weighted by Gasteiger charge is -2.17. The number of aromatic nitrogens is 2. The molecule has 1 aromatic rings. The number of anilines is 1. The molecule has 15 heavy (non-hydrogen) atoms. The first-order chi connectivity index (χ1) is 7.02. The number of carbonyl (C=O) groups excluding carboxylic acids is 1. The molecular weight excluding hydrogens is 194 g/mol. The van der Waals surface area contributed by atoms with Crippen LogP contribution in [0.4, 0.5) is 5.95 Å². The molecule has 0 aromatic carbocycles. The van der Waals surface area contributed by atoms with Gasteiger partial charge < -0.3 is 15.2 Å². The Labute approximate surface area is 88.6 Å². The first-order valence-electron chi connectivity index (χ1n) is 4.82. The van der Waals surface area contributed by atoms with E-state index in [4.69, 9.17) is 0 Å². The molecule has 1 rings (SSSR count). The highest BCUT2D eigenvalue weighted by molar-refractivity contribution is 5.74. The highest BCUT2D eigenvalue weighted by atomic mass is 16.4. The molecule has 5 nitrogen and oxygen atoms in total. The molecule has 1 aromatic heterocycles. The summed E-state index contributed by atoms with van der Waals surface area (Å²) in [5.74, 6) is -0.802. The van der Waals surface area contributed by atoms with Crippen molar-refractivity contribution in [3.63, 3.8) is 0 Å². The molecule has 0 spiro atoms. The Morgan fingerprint density at radius 2 is 2.00 bits per heavy atom. The summed E-state index contributed by atoms with van der Waals surface area (Å²) < 4.78 is 0. The van der Waals surface area contributed by atoms with E-state index in [2.05, 4.69) is 15.3 Å².